The highest BCUT2D eigenvalue weighted by Crippen LogP contribution is 2.29. The Bertz CT molecular complexity index is 705. The van der Waals surface area contributed by atoms with Crippen LogP contribution < -0.4 is 5.56 Å². The van der Waals surface area contributed by atoms with Crippen LogP contribution in [0, 0.1) is 0 Å². The van der Waals surface area contributed by atoms with Crippen LogP contribution in [-0.2, 0) is 12.7 Å². The zero-order valence-corrected chi connectivity index (χ0v) is 12.0. The van der Waals surface area contributed by atoms with Gasteiger partial charge in [0.25, 0.3) is 5.56 Å². The van der Waals surface area contributed by atoms with Gasteiger partial charge in [0.1, 0.15) is 17.2 Å². The Morgan fingerprint density at radius 2 is 2.05 bits per heavy atom. The first-order valence-corrected chi connectivity index (χ1v) is 6.43. The van der Waals surface area contributed by atoms with E-state index in [-0.39, 0.29) is 12.6 Å². The van der Waals surface area contributed by atoms with Crippen molar-refractivity contribution in [2.24, 2.45) is 0 Å². The molecule has 0 aliphatic rings. The average molecular weight is 321 g/mol. The Hall–Kier alpha value is -1.83. The maximum Gasteiger partial charge on any atom is 0.417 e. The van der Waals surface area contributed by atoms with Gasteiger partial charge in [0.15, 0.2) is 0 Å². The fourth-order valence-electron chi connectivity index (χ4n) is 1.84. The molecule has 2 aromatic rings. The van der Waals surface area contributed by atoms with Gasteiger partial charge in [-0.3, -0.25) is 4.79 Å². The Kier molecular flexibility index (Phi) is 4.08. The third-order valence-corrected chi connectivity index (χ3v) is 3.09. The first-order valence-electron chi connectivity index (χ1n) is 6.05. The zero-order valence-electron chi connectivity index (χ0n) is 11.2. The monoisotopic (exact) mass is 320 g/mol. The standard InChI is InChI=1S/C12H12ClF3N4O/c1-7(2)20-10(17-6-18-20)5-19-4-8(12(14,15)16)3-9(13)11(19)21/h3-4,6-7H,5H2,1-2H3. The lowest BCUT2D eigenvalue weighted by Gasteiger charge is -2.13. The van der Waals surface area contributed by atoms with Crippen molar-refractivity contribution in [2.75, 3.05) is 0 Å². The lowest BCUT2D eigenvalue weighted by atomic mass is 10.2. The van der Waals surface area contributed by atoms with Crippen molar-refractivity contribution in [3.05, 3.63) is 45.4 Å². The van der Waals surface area contributed by atoms with E-state index < -0.39 is 22.3 Å². The highest BCUT2D eigenvalue weighted by atomic mass is 35.5. The van der Waals surface area contributed by atoms with Crippen LogP contribution in [0.4, 0.5) is 13.2 Å². The number of pyridine rings is 1. The number of rotatable bonds is 3. The van der Waals surface area contributed by atoms with Crippen molar-refractivity contribution in [2.45, 2.75) is 32.6 Å². The minimum atomic E-state index is -4.58. The van der Waals surface area contributed by atoms with Crippen molar-refractivity contribution < 1.29 is 13.2 Å². The van der Waals surface area contributed by atoms with E-state index in [4.69, 9.17) is 11.6 Å². The van der Waals surface area contributed by atoms with Gasteiger partial charge in [-0.15, -0.1) is 0 Å². The summed E-state index contributed by atoms with van der Waals surface area (Å²) in [5, 5.41) is 3.48. The fraction of sp³-hybridized carbons (Fsp3) is 0.417. The van der Waals surface area contributed by atoms with Crippen molar-refractivity contribution in [1.29, 1.82) is 0 Å². The van der Waals surface area contributed by atoms with E-state index >= 15 is 0 Å². The maximum absolute atomic E-state index is 12.8. The zero-order chi connectivity index (χ0) is 15.8. The van der Waals surface area contributed by atoms with Crippen LogP contribution in [0.15, 0.2) is 23.4 Å². The summed E-state index contributed by atoms with van der Waals surface area (Å²) in [6, 6.07) is 0.590. The first kappa shape index (κ1) is 15.6. The van der Waals surface area contributed by atoms with Gasteiger partial charge in [-0.05, 0) is 19.9 Å². The van der Waals surface area contributed by atoms with E-state index in [9.17, 15) is 18.0 Å². The SMILES string of the molecule is CC(C)n1ncnc1Cn1cc(C(F)(F)F)cc(Cl)c1=O. The predicted molar refractivity (Wildman–Crippen MR) is 70.2 cm³/mol. The van der Waals surface area contributed by atoms with Gasteiger partial charge < -0.3 is 4.57 Å². The van der Waals surface area contributed by atoms with Gasteiger partial charge in [-0.1, -0.05) is 11.6 Å². The van der Waals surface area contributed by atoms with Crippen LogP contribution in [-0.4, -0.2) is 19.3 Å². The molecule has 0 fully saturated rings. The molecule has 0 aromatic carbocycles. The molecule has 0 saturated heterocycles. The molecule has 0 amide bonds. The second-order valence-corrected chi connectivity index (χ2v) is 5.13. The van der Waals surface area contributed by atoms with Crippen molar-refractivity contribution in [3.63, 3.8) is 0 Å². The van der Waals surface area contributed by atoms with Gasteiger partial charge in [0.2, 0.25) is 0 Å². The summed E-state index contributed by atoms with van der Waals surface area (Å²) in [6.07, 6.45) is -2.56. The lowest BCUT2D eigenvalue weighted by Crippen LogP contribution is -2.25. The maximum atomic E-state index is 12.8. The summed E-state index contributed by atoms with van der Waals surface area (Å²) in [4.78, 5) is 15.8. The molecular weight excluding hydrogens is 309 g/mol. The average Bonchev–Trinajstić information content (AvgIpc) is 2.81. The number of nitrogens with zero attached hydrogens (tertiary/aromatic N) is 4. The van der Waals surface area contributed by atoms with Gasteiger partial charge in [-0.2, -0.15) is 18.3 Å². The smallest absolute Gasteiger partial charge is 0.306 e. The quantitative estimate of drug-likeness (QED) is 0.874. The molecule has 0 saturated carbocycles. The minimum Gasteiger partial charge on any atom is -0.306 e. The van der Waals surface area contributed by atoms with Gasteiger partial charge >= 0.3 is 6.18 Å². The predicted octanol–water partition coefficient (Wildman–Crippen LogP) is 2.74. The molecule has 0 aliphatic carbocycles. The first-order chi connectivity index (χ1) is 9.70. The van der Waals surface area contributed by atoms with Crippen molar-refractivity contribution in [1.82, 2.24) is 19.3 Å². The molecule has 2 aromatic heterocycles. The highest BCUT2D eigenvalue weighted by Gasteiger charge is 2.32. The summed E-state index contributed by atoms with van der Waals surface area (Å²) in [7, 11) is 0. The minimum absolute atomic E-state index is 0.0283. The van der Waals surface area contributed by atoms with Crippen LogP contribution in [0.25, 0.3) is 0 Å². The van der Waals surface area contributed by atoms with Crippen LogP contribution in [0.2, 0.25) is 5.02 Å². The molecule has 21 heavy (non-hydrogen) atoms. The normalized spacial score (nSPS) is 12.1. The number of hydrogen-bond donors (Lipinski definition) is 0. The van der Waals surface area contributed by atoms with Crippen LogP contribution in [0.1, 0.15) is 31.3 Å². The Morgan fingerprint density at radius 1 is 1.38 bits per heavy atom. The Morgan fingerprint density at radius 3 is 2.62 bits per heavy atom. The van der Waals surface area contributed by atoms with E-state index in [2.05, 4.69) is 10.1 Å². The number of alkyl halides is 3. The van der Waals surface area contributed by atoms with E-state index in [0.29, 0.717) is 11.9 Å². The molecule has 9 heteroatoms. The summed E-state index contributed by atoms with van der Waals surface area (Å²) in [5.74, 6) is 0.377. The topological polar surface area (TPSA) is 52.7 Å². The molecule has 0 unspecified atom stereocenters. The summed E-state index contributed by atoms with van der Waals surface area (Å²) < 4.78 is 40.7. The van der Waals surface area contributed by atoms with Crippen molar-refractivity contribution in [3.8, 4) is 0 Å². The second-order valence-electron chi connectivity index (χ2n) is 4.72. The number of hydrogen-bond acceptors (Lipinski definition) is 3. The number of aromatic nitrogens is 4. The summed E-state index contributed by atoms with van der Waals surface area (Å²) in [6.45, 7) is 3.56. The molecule has 5 nitrogen and oxygen atoms in total. The van der Waals surface area contributed by atoms with Gasteiger partial charge in [-0.25, -0.2) is 9.67 Å². The number of halogens is 4. The van der Waals surface area contributed by atoms with E-state index in [1.165, 1.54) is 11.0 Å². The fourth-order valence-corrected chi connectivity index (χ4v) is 2.07. The molecule has 0 bridgehead atoms. The van der Waals surface area contributed by atoms with Crippen LogP contribution in [0.5, 0.6) is 0 Å². The van der Waals surface area contributed by atoms with E-state index in [1.807, 2.05) is 13.8 Å². The van der Waals surface area contributed by atoms with E-state index in [1.54, 1.807) is 0 Å². The Balaban J connectivity index is 2.47. The van der Waals surface area contributed by atoms with E-state index in [0.717, 1.165) is 10.8 Å². The van der Waals surface area contributed by atoms with Gasteiger partial charge in [0.05, 0.1) is 12.1 Å². The molecule has 2 heterocycles. The third kappa shape index (κ3) is 3.26. The summed E-state index contributed by atoms with van der Waals surface area (Å²) >= 11 is 5.59. The molecule has 0 atom stereocenters. The highest BCUT2D eigenvalue weighted by molar-refractivity contribution is 6.30. The molecule has 0 N–H and O–H groups in total. The largest absolute Gasteiger partial charge is 0.417 e. The third-order valence-electron chi connectivity index (χ3n) is 2.82. The molecule has 0 spiro atoms. The van der Waals surface area contributed by atoms with Crippen LogP contribution in [0.3, 0.4) is 0 Å². The van der Waals surface area contributed by atoms with Crippen molar-refractivity contribution >= 4 is 11.6 Å². The second kappa shape index (κ2) is 5.51. The van der Waals surface area contributed by atoms with Crippen LogP contribution >= 0.6 is 11.6 Å². The lowest BCUT2D eigenvalue weighted by molar-refractivity contribution is -0.138. The van der Waals surface area contributed by atoms with Gasteiger partial charge in [0, 0.05) is 12.2 Å². The molecule has 2 rings (SSSR count). The Labute approximate surface area is 123 Å². The molecule has 0 aliphatic heterocycles. The molecular formula is C12H12ClF3N4O. The summed E-state index contributed by atoms with van der Waals surface area (Å²) in [5.41, 5.74) is -1.69. The molecule has 0 radical (unpaired) electrons. The molecule has 114 valence electrons.